The maximum Gasteiger partial charge on any atom is 0.122 e. The molecule has 0 bridgehead atoms. The predicted octanol–water partition coefficient (Wildman–Crippen LogP) is 2.36. The first-order valence-corrected chi connectivity index (χ1v) is 7.41. The molecule has 19 heavy (non-hydrogen) atoms. The zero-order valence-electron chi connectivity index (χ0n) is 13.2. The van der Waals surface area contributed by atoms with Crippen molar-refractivity contribution in [2.24, 2.45) is 5.92 Å². The second kappa shape index (κ2) is 8.33. The summed E-state index contributed by atoms with van der Waals surface area (Å²) in [5.74, 6) is 1.86. The van der Waals surface area contributed by atoms with E-state index in [4.69, 9.17) is 0 Å². The van der Waals surface area contributed by atoms with Gasteiger partial charge in [-0.1, -0.05) is 20.8 Å². The van der Waals surface area contributed by atoms with E-state index in [0.717, 1.165) is 31.9 Å². The van der Waals surface area contributed by atoms with Gasteiger partial charge in [0.25, 0.3) is 0 Å². The summed E-state index contributed by atoms with van der Waals surface area (Å²) < 4.78 is 2.25. The summed E-state index contributed by atoms with van der Waals surface area (Å²) in [7, 11) is 4.26. The Morgan fingerprint density at radius 3 is 2.68 bits per heavy atom. The van der Waals surface area contributed by atoms with E-state index in [1.54, 1.807) is 0 Å². The standard InChI is InChI=1S/C15H30N4/c1-6-8-19-9-7-16-15(19)11-17-14(10-13(2)3)12-18(4)5/h7,9,13-14,17H,6,8,10-12H2,1-5H3. The van der Waals surface area contributed by atoms with Crippen LogP contribution in [0.25, 0.3) is 0 Å². The summed E-state index contributed by atoms with van der Waals surface area (Å²) in [6.07, 6.45) is 6.32. The van der Waals surface area contributed by atoms with Crippen molar-refractivity contribution in [2.75, 3.05) is 20.6 Å². The fraction of sp³-hybridized carbons (Fsp3) is 0.800. The molecular weight excluding hydrogens is 236 g/mol. The molecular formula is C15H30N4. The van der Waals surface area contributed by atoms with Gasteiger partial charge in [0.2, 0.25) is 0 Å². The second-order valence-corrected chi connectivity index (χ2v) is 6.01. The molecule has 0 aliphatic rings. The van der Waals surface area contributed by atoms with Gasteiger partial charge in [-0.2, -0.15) is 0 Å². The normalized spacial score (nSPS) is 13.4. The van der Waals surface area contributed by atoms with Crippen molar-refractivity contribution in [1.29, 1.82) is 0 Å². The van der Waals surface area contributed by atoms with E-state index >= 15 is 0 Å². The maximum atomic E-state index is 4.45. The fourth-order valence-electron chi connectivity index (χ4n) is 2.42. The number of hydrogen-bond acceptors (Lipinski definition) is 3. The van der Waals surface area contributed by atoms with Gasteiger partial charge in [0.15, 0.2) is 0 Å². The summed E-state index contributed by atoms with van der Waals surface area (Å²) in [5.41, 5.74) is 0. The average Bonchev–Trinajstić information content (AvgIpc) is 2.72. The van der Waals surface area contributed by atoms with Crippen LogP contribution in [0.1, 0.15) is 39.4 Å². The molecule has 1 atom stereocenters. The summed E-state index contributed by atoms with van der Waals surface area (Å²) in [6.45, 7) is 9.75. The molecule has 1 N–H and O–H groups in total. The quantitative estimate of drug-likeness (QED) is 0.745. The van der Waals surface area contributed by atoms with Crippen LogP contribution in [0.15, 0.2) is 12.4 Å². The molecule has 1 rings (SSSR count). The zero-order chi connectivity index (χ0) is 14.3. The van der Waals surface area contributed by atoms with Crippen LogP contribution in [0.3, 0.4) is 0 Å². The van der Waals surface area contributed by atoms with Crippen molar-refractivity contribution in [3.05, 3.63) is 18.2 Å². The lowest BCUT2D eigenvalue weighted by molar-refractivity contribution is 0.302. The SMILES string of the molecule is CCCn1ccnc1CNC(CC(C)C)CN(C)C. The molecule has 0 saturated carbocycles. The number of imidazole rings is 1. The Balaban J connectivity index is 2.51. The highest BCUT2D eigenvalue weighted by atomic mass is 15.1. The van der Waals surface area contributed by atoms with Crippen LogP contribution in [0.2, 0.25) is 0 Å². The Labute approximate surface area is 118 Å². The van der Waals surface area contributed by atoms with Gasteiger partial charge in [-0.15, -0.1) is 0 Å². The van der Waals surface area contributed by atoms with E-state index in [9.17, 15) is 0 Å². The summed E-state index contributed by atoms with van der Waals surface area (Å²) in [4.78, 5) is 6.70. The topological polar surface area (TPSA) is 33.1 Å². The number of likely N-dealkylation sites (N-methyl/N-ethyl adjacent to an activating group) is 1. The molecule has 0 radical (unpaired) electrons. The van der Waals surface area contributed by atoms with Crippen LogP contribution in [0.4, 0.5) is 0 Å². The largest absolute Gasteiger partial charge is 0.334 e. The Morgan fingerprint density at radius 1 is 1.37 bits per heavy atom. The van der Waals surface area contributed by atoms with Crippen molar-refractivity contribution >= 4 is 0 Å². The molecule has 4 heteroatoms. The fourth-order valence-corrected chi connectivity index (χ4v) is 2.42. The highest BCUT2D eigenvalue weighted by molar-refractivity contribution is 4.92. The van der Waals surface area contributed by atoms with Crippen molar-refractivity contribution in [3.63, 3.8) is 0 Å². The molecule has 4 nitrogen and oxygen atoms in total. The third kappa shape index (κ3) is 6.21. The molecule has 0 spiro atoms. The van der Waals surface area contributed by atoms with Crippen LogP contribution in [0, 0.1) is 5.92 Å². The van der Waals surface area contributed by atoms with Crippen LogP contribution < -0.4 is 5.32 Å². The first-order chi connectivity index (χ1) is 9.02. The van der Waals surface area contributed by atoms with Crippen molar-refractivity contribution < 1.29 is 0 Å². The second-order valence-electron chi connectivity index (χ2n) is 6.01. The van der Waals surface area contributed by atoms with Crippen LogP contribution in [-0.4, -0.2) is 41.1 Å². The lowest BCUT2D eigenvalue weighted by Gasteiger charge is -2.24. The Morgan fingerprint density at radius 2 is 2.11 bits per heavy atom. The van der Waals surface area contributed by atoms with Gasteiger partial charge in [-0.25, -0.2) is 4.98 Å². The molecule has 0 amide bonds. The van der Waals surface area contributed by atoms with Gasteiger partial charge in [-0.3, -0.25) is 0 Å². The smallest absolute Gasteiger partial charge is 0.122 e. The van der Waals surface area contributed by atoms with E-state index in [1.165, 1.54) is 6.42 Å². The summed E-state index contributed by atoms with van der Waals surface area (Å²) in [5, 5.41) is 3.66. The van der Waals surface area contributed by atoms with Crippen LogP contribution in [-0.2, 0) is 13.1 Å². The van der Waals surface area contributed by atoms with Gasteiger partial charge in [-0.05, 0) is 32.9 Å². The first-order valence-electron chi connectivity index (χ1n) is 7.41. The number of nitrogens with zero attached hydrogens (tertiary/aromatic N) is 3. The van der Waals surface area contributed by atoms with Crippen molar-refractivity contribution in [3.8, 4) is 0 Å². The highest BCUT2D eigenvalue weighted by Gasteiger charge is 2.12. The minimum Gasteiger partial charge on any atom is -0.334 e. The number of nitrogens with one attached hydrogen (secondary N) is 1. The van der Waals surface area contributed by atoms with E-state index in [-0.39, 0.29) is 0 Å². The molecule has 0 aromatic carbocycles. The average molecular weight is 266 g/mol. The van der Waals surface area contributed by atoms with Gasteiger partial charge in [0.1, 0.15) is 5.82 Å². The predicted molar refractivity (Wildman–Crippen MR) is 81.2 cm³/mol. The molecule has 1 unspecified atom stereocenters. The van der Waals surface area contributed by atoms with Gasteiger partial charge >= 0.3 is 0 Å². The first kappa shape index (κ1) is 16.2. The van der Waals surface area contributed by atoms with E-state index in [1.807, 2.05) is 6.20 Å². The van der Waals surface area contributed by atoms with E-state index in [0.29, 0.717) is 12.0 Å². The number of hydrogen-bond donors (Lipinski definition) is 1. The minimum atomic E-state index is 0.529. The van der Waals surface area contributed by atoms with Gasteiger partial charge in [0.05, 0.1) is 6.54 Å². The van der Waals surface area contributed by atoms with Crippen molar-refractivity contribution in [1.82, 2.24) is 19.8 Å². The van der Waals surface area contributed by atoms with Crippen LogP contribution in [0.5, 0.6) is 0 Å². The molecule has 110 valence electrons. The monoisotopic (exact) mass is 266 g/mol. The molecule has 0 aliphatic carbocycles. The van der Waals surface area contributed by atoms with E-state index < -0.39 is 0 Å². The summed E-state index contributed by atoms with van der Waals surface area (Å²) >= 11 is 0. The van der Waals surface area contributed by atoms with E-state index in [2.05, 4.69) is 60.8 Å². The zero-order valence-corrected chi connectivity index (χ0v) is 13.2. The third-order valence-electron chi connectivity index (χ3n) is 3.16. The van der Waals surface area contributed by atoms with Crippen molar-refractivity contribution in [2.45, 2.75) is 52.7 Å². The Hall–Kier alpha value is -0.870. The Kier molecular flexibility index (Phi) is 7.10. The summed E-state index contributed by atoms with van der Waals surface area (Å²) in [6, 6.07) is 0.529. The number of aromatic nitrogens is 2. The third-order valence-corrected chi connectivity index (χ3v) is 3.16. The number of aryl methyl sites for hydroxylation is 1. The van der Waals surface area contributed by atoms with Crippen LogP contribution >= 0.6 is 0 Å². The molecule has 0 saturated heterocycles. The lowest BCUT2D eigenvalue weighted by atomic mass is 10.0. The minimum absolute atomic E-state index is 0.529. The number of rotatable bonds is 9. The van der Waals surface area contributed by atoms with Gasteiger partial charge in [0, 0.05) is 31.5 Å². The van der Waals surface area contributed by atoms with Gasteiger partial charge < -0.3 is 14.8 Å². The molecule has 1 aromatic rings. The highest BCUT2D eigenvalue weighted by Crippen LogP contribution is 2.07. The molecule has 0 aliphatic heterocycles. The molecule has 1 aromatic heterocycles. The Bertz CT molecular complexity index is 334. The molecule has 1 heterocycles. The maximum absolute atomic E-state index is 4.45. The molecule has 0 fully saturated rings. The lowest BCUT2D eigenvalue weighted by Crippen LogP contribution is -2.39.